The van der Waals surface area contributed by atoms with Gasteiger partial charge in [-0.15, -0.1) is 5.10 Å². The summed E-state index contributed by atoms with van der Waals surface area (Å²) < 4.78 is 16.3. The number of aromatic amines is 1. The van der Waals surface area contributed by atoms with E-state index in [-0.39, 0.29) is 31.0 Å². The van der Waals surface area contributed by atoms with Crippen molar-refractivity contribution in [2.24, 2.45) is 5.73 Å². The molecule has 5 heterocycles. The summed E-state index contributed by atoms with van der Waals surface area (Å²) >= 11 is 3.24. The molecule has 16 heteroatoms. The maximum atomic E-state index is 14.5. The van der Waals surface area contributed by atoms with Crippen molar-refractivity contribution >= 4 is 50.4 Å². The number of amides is 3. The van der Waals surface area contributed by atoms with Gasteiger partial charge < -0.3 is 16.0 Å². The Morgan fingerprint density at radius 2 is 1.95 bits per heavy atom. The van der Waals surface area contributed by atoms with Gasteiger partial charge >= 0.3 is 0 Å². The highest BCUT2D eigenvalue weighted by Gasteiger charge is 2.40. The molecule has 4 N–H and O–H groups in total. The number of pyridine rings is 1. The summed E-state index contributed by atoms with van der Waals surface area (Å²) in [6, 6.07) is 9.02. The van der Waals surface area contributed by atoms with Crippen molar-refractivity contribution in [2.45, 2.75) is 25.2 Å². The van der Waals surface area contributed by atoms with Gasteiger partial charge in [-0.25, -0.2) is 19.3 Å². The summed E-state index contributed by atoms with van der Waals surface area (Å²) in [5.74, 6) is -1.65. The predicted molar refractivity (Wildman–Crippen MR) is 150 cm³/mol. The Labute approximate surface area is 244 Å². The molecule has 1 fully saturated rings. The second-order valence-corrected chi connectivity index (χ2v) is 10.3. The standard InChI is InChI=1S/C26H21BrFN11O3/c27-19-2-1-3-20(32-19)33-26(42)18-7-15(28)10-38(18)21(40)11-39-17-5-4-13(6-16(17)24(36-39)25(29)41)22-23(35-37-34-22)14-8-30-12-31-9-14/h1-6,8-9,12,15,18H,7,10-11H2,(H2,29,41)(H,32,33,42)(H,34,35,37)/t15-,18+/m1/s1. The second-order valence-electron chi connectivity index (χ2n) is 9.49. The molecule has 0 radical (unpaired) electrons. The molecule has 42 heavy (non-hydrogen) atoms. The van der Waals surface area contributed by atoms with E-state index in [9.17, 15) is 18.8 Å². The fraction of sp³-hybridized carbons (Fsp3) is 0.192. The molecule has 212 valence electrons. The minimum absolute atomic E-state index is 0.0588. The fourth-order valence-electron chi connectivity index (χ4n) is 4.91. The number of benzene rings is 1. The van der Waals surface area contributed by atoms with E-state index in [1.807, 2.05) is 0 Å². The van der Waals surface area contributed by atoms with Crippen LogP contribution in [0.5, 0.6) is 0 Å². The molecular weight excluding hydrogens is 613 g/mol. The first-order valence-corrected chi connectivity index (χ1v) is 13.4. The van der Waals surface area contributed by atoms with Gasteiger partial charge in [0.1, 0.15) is 41.2 Å². The fourth-order valence-corrected chi connectivity index (χ4v) is 5.25. The molecular formula is C26H21BrFN11O3. The lowest BCUT2D eigenvalue weighted by molar-refractivity contribution is -0.137. The van der Waals surface area contributed by atoms with Crippen LogP contribution in [0.2, 0.25) is 0 Å². The third-order valence-electron chi connectivity index (χ3n) is 6.78. The molecule has 6 rings (SSSR count). The highest BCUT2D eigenvalue weighted by atomic mass is 79.9. The van der Waals surface area contributed by atoms with Gasteiger partial charge in [-0.2, -0.15) is 5.10 Å². The van der Waals surface area contributed by atoms with Gasteiger partial charge in [0.05, 0.1) is 17.8 Å². The molecule has 1 aromatic carbocycles. The molecule has 14 nitrogen and oxygen atoms in total. The van der Waals surface area contributed by atoms with Gasteiger partial charge in [-0.1, -0.05) is 17.3 Å². The molecule has 0 bridgehead atoms. The minimum Gasteiger partial charge on any atom is -0.364 e. The van der Waals surface area contributed by atoms with Crippen molar-refractivity contribution < 1.29 is 18.8 Å². The zero-order valence-corrected chi connectivity index (χ0v) is 23.2. The molecule has 1 saturated heterocycles. The average Bonchev–Trinajstić information content (AvgIpc) is 3.70. The lowest BCUT2D eigenvalue weighted by Crippen LogP contribution is -2.44. The number of nitrogens with two attached hydrogens (primary N) is 1. The topological polar surface area (TPSA) is 191 Å². The molecule has 0 spiro atoms. The van der Waals surface area contributed by atoms with Gasteiger partial charge in [-0.05, 0) is 40.2 Å². The maximum absolute atomic E-state index is 14.5. The van der Waals surface area contributed by atoms with Crippen LogP contribution in [0.25, 0.3) is 33.4 Å². The maximum Gasteiger partial charge on any atom is 0.269 e. The van der Waals surface area contributed by atoms with Crippen LogP contribution >= 0.6 is 15.9 Å². The predicted octanol–water partition coefficient (Wildman–Crippen LogP) is 2.11. The number of carbonyl (C=O) groups is 3. The van der Waals surface area contributed by atoms with Crippen molar-refractivity contribution in [3.05, 3.63) is 65.4 Å². The molecule has 5 aromatic rings. The number of hydrogen-bond donors (Lipinski definition) is 3. The van der Waals surface area contributed by atoms with Crippen molar-refractivity contribution in [3.63, 3.8) is 0 Å². The lowest BCUT2D eigenvalue weighted by Gasteiger charge is -2.23. The van der Waals surface area contributed by atoms with Crippen molar-refractivity contribution in [3.8, 4) is 22.5 Å². The Balaban J connectivity index is 1.28. The number of hydrogen-bond acceptors (Lipinski definition) is 9. The molecule has 1 aliphatic rings. The highest BCUT2D eigenvalue weighted by molar-refractivity contribution is 9.10. The van der Waals surface area contributed by atoms with Crippen molar-refractivity contribution in [1.29, 1.82) is 0 Å². The van der Waals surface area contributed by atoms with E-state index in [4.69, 9.17) is 5.73 Å². The molecule has 0 unspecified atom stereocenters. The van der Waals surface area contributed by atoms with E-state index < -0.39 is 29.9 Å². The molecule has 0 saturated carbocycles. The van der Waals surface area contributed by atoms with Crippen LogP contribution in [-0.2, 0) is 16.1 Å². The Bertz CT molecular complexity index is 1830. The average molecular weight is 634 g/mol. The van der Waals surface area contributed by atoms with Crippen LogP contribution in [-0.4, -0.2) is 81.5 Å². The smallest absolute Gasteiger partial charge is 0.269 e. The summed E-state index contributed by atoms with van der Waals surface area (Å²) in [6.07, 6.45) is 3.04. The van der Waals surface area contributed by atoms with Gasteiger partial charge in [0.15, 0.2) is 5.69 Å². The van der Waals surface area contributed by atoms with E-state index in [0.717, 1.165) is 0 Å². The Morgan fingerprint density at radius 3 is 2.71 bits per heavy atom. The number of H-pyrrole nitrogens is 1. The van der Waals surface area contributed by atoms with E-state index in [1.165, 1.54) is 15.9 Å². The molecule has 0 aliphatic carbocycles. The van der Waals surface area contributed by atoms with E-state index in [1.54, 1.807) is 48.8 Å². The quantitative estimate of drug-likeness (QED) is 0.225. The van der Waals surface area contributed by atoms with Crippen molar-refractivity contribution in [2.75, 3.05) is 11.9 Å². The summed E-state index contributed by atoms with van der Waals surface area (Å²) in [6.45, 7) is -0.610. The van der Waals surface area contributed by atoms with Crippen LogP contribution in [0, 0.1) is 0 Å². The zero-order chi connectivity index (χ0) is 29.4. The van der Waals surface area contributed by atoms with E-state index in [0.29, 0.717) is 38.0 Å². The zero-order valence-electron chi connectivity index (χ0n) is 21.6. The van der Waals surface area contributed by atoms with Crippen LogP contribution in [0.3, 0.4) is 0 Å². The highest BCUT2D eigenvalue weighted by Crippen LogP contribution is 2.31. The van der Waals surface area contributed by atoms with Gasteiger partial charge in [0.2, 0.25) is 11.8 Å². The van der Waals surface area contributed by atoms with E-state index in [2.05, 4.69) is 56.7 Å². The molecule has 2 atom stereocenters. The third-order valence-corrected chi connectivity index (χ3v) is 7.22. The number of carbonyl (C=O) groups excluding carboxylic acids is 3. The first kappa shape index (κ1) is 27.1. The van der Waals surface area contributed by atoms with Crippen LogP contribution in [0.1, 0.15) is 16.9 Å². The number of likely N-dealkylation sites (tertiary alicyclic amines) is 1. The number of anilines is 1. The lowest BCUT2D eigenvalue weighted by atomic mass is 10.0. The van der Waals surface area contributed by atoms with Crippen LogP contribution in [0.15, 0.2) is 59.7 Å². The Hall–Kier alpha value is -5.12. The van der Waals surface area contributed by atoms with Crippen molar-refractivity contribution in [1.82, 2.24) is 45.0 Å². The third kappa shape index (κ3) is 5.18. The second kappa shape index (κ2) is 11.0. The summed E-state index contributed by atoms with van der Waals surface area (Å²) in [5.41, 5.74) is 8.30. The minimum atomic E-state index is -1.38. The van der Waals surface area contributed by atoms with Crippen LogP contribution in [0.4, 0.5) is 10.2 Å². The SMILES string of the molecule is NC(=O)c1nn(CC(=O)N2C[C@H](F)C[C@H]2C(=O)Nc2cccc(Br)n2)c2ccc(-c3[nH]nnc3-c3cncnc3)cc12. The Morgan fingerprint density at radius 1 is 1.14 bits per heavy atom. The number of aromatic nitrogens is 8. The van der Waals surface area contributed by atoms with E-state index >= 15 is 0 Å². The monoisotopic (exact) mass is 633 g/mol. The molecule has 3 amide bonds. The number of nitrogens with zero attached hydrogens (tertiary/aromatic N) is 8. The summed E-state index contributed by atoms with van der Waals surface area (Å²) in [5, 5.41) is 18.2. The number of rotatable bonds is 7. The summed E-state index contributed by atoms with van der Waals surface area (Å²) in [7, 11) is 0. The molecule has 4 aromatic heterocycles. The number of halogens is 2. The number of fused-ring (bicyclic) bond motifs is 1. The molecule has 1 aliphatic heterocycles. The summed E-state index contributed by atoms with van der Waals surface area (Å²) in [4.78, 5) is 52.1. The first-order valence-electron chi connectivity index (χ1n) is 12.6. The number of alkyl halides is 1. The van der Waals surface area contributed by atoms with Gasteiger partial charge in [0, 0.05) is 35.3 Å². The largest absolute Gasteiger partial charge is 0.364 e. The van der Waals surface area contributed by atoms with Gasteiger partial charge in [-0.3, -0.25) is 24.2 Å². The first-order chi connectivity index (χ1) is 20.3. The number of primary amides is 1. The normalized spacial score (nSPS) is 16.6. The number of nitrogens with one attached hydrogen (secondary N) is 2. The Kier molecular flexibility index (Phi) is 7.12. The van der Waals surface area contributed by atoms with Crippen LogP contribution < -0.4 is 11.1 Å². The van der Waals surface area contributed by atoms with Gasteiger partial charge in [0.25, 0.3) is 5.91 Å².